The summed E-state index contributed by atoms with van der Waals surface area (Å²) in [4.78, 5) is 14.2. The van der Waals surface area contributed by atoms with E-state index in [9.17, 15) is 4.79 Å². The number of ether oxygens (including phenoxy) is 1. The normalized spacial score (nSPS) is 30.9. The van der Waals surface area contributed by atoms with Gasteiger partial charge in [0.1, 0.15) is 6.61 Å². The van der Waals surface area contributed by atoms with E-state index in [-0.39, 0.29) is 18.1 Å². The minimum atomic E-state index is -1.21. The first-order valence-corrected chi connectivity index (χ1v) is 10.4. The van der Waals surface area contributed by atoms with Crippen molar-refractivity contribution in [2.24, 2.45) is 23.5 Å². The Hall–Kier alpha value is -0.770. The highest BCUT2D eigenvalue weighted by Crippen LogP contribution is 2.55. The fraction of sp³-hybridized carbons (Fsp3) is 0.950. The third-order valence-corrected chi connectivity index (χ3v) is 6.30. The molecule has 1 amide bonds. The van der Waals surface area contributed by atoms with Crippen LogP contribution in [-0.2, 0) is 9.53 Å². The van der Waals surface area contributed by atoms with E-state index < -0.39 is 25.4 Å². The zero-order chi connectivity index (χ0) is 20.8. The van der Waals surface area contributed by atoms with Crippen molar-refractivity contribution in [3.8, 4) is 0 Å². The molecule has 0 aliphatic heterocycles. The quantitative estimate of drug-likeness (QED) is 0.324. The van der Waals surface area contributed by atoms with Crippen LogP contribution >= 0.6 is 0 Å². The molecule has 0 unspecified atom stereocenters. The van der Waals surface area contributed by atoms with Crippen LogP contribution in [0.3, 0.4) is 0 Å². The smallest absolute Gasteiger partial charge is 0.246 e. The van der Waals surface area contributed by atoms with Gasteiger partial charge in [-0.2, -0.15) is 0 Å². The van der Waals surface area contributed by atoms with Crippen LogP contribution in [0.1, 0.15) is 38.5 Å². The highest BCUT2D eigenvalue weighted by atomic mass is 16.5. The standard InChI is InChI=1S/C16H28N2O2.C4H11NO3/c1-18(2)3-4-20-11-15(19)17-16-8-12-5-13(9-16)7-14(6-12)10-16;5-4(1-6,2-7)3-8/h12-14H,3-11H2,1-2H3,(H,17,19);6-8H,1-3,5H2. The zero-order valence-electron chi connectivity index (χ0n) is 17.4. The van der Waals surface area contributed by atoms with E-state index in [0.717, 1.165) is 24.3 Å². The van der Waals surface area contributed by atoms with Gasteiger partial charge in [0.2, 0.25) is 5.91 Å². The summed E-state index contributed by atoms with van der Waals surface area (Å²) in [5, 5.41) is 28.4. The zero-order valence-corrected chi connectivity index (χ0v) is 17.4. The van der Waals surface area contributed by atoms with Gasteiger partial charge < -0.3 is 36.0 Å². The molecule has 0 aromatic rings. The van der Waals surface area contributed by atoms with Crippen LogP contribution in [0, 0.1) is 17.8 Å². The number of likely N-dealkylation sites (N-methyl/N-ethyl adjacent to an activating group) is 1. The van der Waals surface area contributed by atoms with Crippen molar-refractivity contribution in [1.82, 2.24) is 10.2 Å². The molecule has 0 spiro atoms. The Labute approximate surface area is 168 Å². The Morgan fingerprint density at radius 1 is 1.07 bits per heavy atom. The minimum absolute atomic E-state index is 0.0886. The monoisotopic (exact) mass is 401 g/mol. The second kappa shape index (κ2) is 10.3. The molecular formula is C20H39N3O5. The van der Waals surface area contributed by atoms with Crippen LogP contribution in [0.2, 0.25) is 0 Å². The van der Waals surface area contributed by atoms with Crippen LogP contribution in [0.5, 0.6) is 0 Å². The van der Waals surface area contributed by atoms with E-state index in [2.05, 4.69) is 10.2 Å². The molecule has 4 bridgehead atoms. The topological polar surface area (TPSA) is 128 Å². The van der Waals surface area contributed by atoms with E-state index in [1.54, 1.807) is 0 Å². The number of hydrogen-bond donors (Lipinski definition) is 5. The van der Waals surface area contributed by atoms with Gasteiger partial charge in [0, 0.05) is 12.1 Å². The molecule has 4 rings (SSSR count). The molecule has 4 fully saturated rings. The Bertz CT molecular complexity index is 453. The Balaban J connectivity index is 0.000000300. The van der Waals surface area contributed by atoms with E-state index in [4.69, 9.17) is 25.8 Å². The molecule has 0 aromatic carbocycles. The number of hydrogen-bond acceptors (Lipinski definition) is 7. The summed E-state index contributed by atoms with van der Waals surface area (Å²) in [6.45, 7) is 0.502. The average Bonchev–Trinajstić information content (AvgIpc) is 2.63. The summed E-state index contributed by atoms with van der Waals surface area (Å²) in [5.41, 5.74) is 4.06. The Morgan fingerprint density at radius 3 is 1.89 bits per heavy atom. The van der Waals surface area contributed by atoms with Gasteiger partial charge in [0.15, 0.2) is 0 Å². The first-order chi connectivity index (χ1) is 13.2. The third-order valence-electron chi connectivity index (χ3n) is 6.30. The molecule has 8 nitrogen and oxygen atoms in total. The maximum atomic E-state index is 12.1. The lowest BCUT2D eigenvalue weighted by molar-refractivity contribution is -0.131. The van der Waals surface area contributed by atoms with Crippen molar-refractivity contribution in [2.75, 3.05) is 53.7 Å². The second-order valence-corrected chi connectivity index (χ2v) is 9.44. The van der Waals surface area contributed by atoms with Crippen LogP contribution < -0.4 is 11.1 Å². The van der Waals surface area contributed by atoms with Gasteiger partial charge >= 0.3 is 0 Å². The van der Waals surface area contributed by atoms with Crippen molar-refractivity contribution < 1.29 is 24.9 Å². The lowest BCUT2D eigenvalue weighted by Crippen LogP contribution is -2.60. The molecule has 0 heterocycles. The highest BCUT2D eigenvalue weighted by molar-refractivity contribution is 5.78. The van der Waals surface area contributed by atoms with Gasteiger partial charge in [-0.25, -0.2) is 0 Å². The van der Waals surface area contributed by atoms with Gasteiger partial charge in [-0.15, -0.1) is 0 Å². The van der Waals surface area contributed by atoms with Crippen molar-refractivity contribution >= 4 is 5.91 Å². The average molecular weight is 402 g/mol. The number of nitrogens with two attached hydrogens (primary N) is 1. The molecule has 0 saturated heterocycles. The van der Waals surface area contributed by atoms with Gasteiger partial charge in [0.25, 0.3) is 0 Å². The SMILES string of the molecule is CN(C)CCOCC(=O)NC12CC3CC(CC(C3)C1)C2.NC(CO)(CO)CO. The number of carbonyl (C=O) groups is 1. The summed E-state index contributed by atoms with van der Waals surface area (Å²) in [6, 6.07) is 0. The first kappa shape index (κ1) is 23.5. The van der Waals surface area contributed by atoms with Crippen molar-refractivity contribution in [1.29, 1.82) is 0 Å². The van der Waals surface area contributed by atoms with Gasteiger partial charge in [-0.1, -0.05) is 0 Å². The predicted octanol–water partition coefficient (Wildman–Crippen LogP) is -0.690. The van der Waals surface area contributed by atoms with Gasteiger partial charge in [0.05, 0.1) is 32.0 Å². The number of carbonyl (C=O) groups excluding carboxylic acids is 1. The van der Waals surface area contributed by atoms with E-state index in [1.165, 1.54) is 38.5 Å². The number of aliphatic hydroxyl groups is 3. The summed E-state index contributed by atoms with van der Waals surface area (Å²) in [5.74, 6) is 2.70. The molecular weight excluding hydrogens is 362 g/mol. The fourth-order valence-electron chi connectivity index (χ4n) is 5.16. The van der Waals surface area contributed by atoms with Crippen LogP contribution in [0.25, 0.3) is 0 Å². The minimum Gasteiger partial charge on any atom is -0.394 e. The molecule has 0 atom stereocenters. The lowest BCUT2D eigenvalue weighted by atomic mass is 9.53. The molecule has 0 radical (unpaired) electrons. The summed E-state index contributed by atoms with van der Waals surface area (Å²) in [6.07, 6.45) is 7.87. The van der Waals surface area contributed by atoms with Gasteiger partial charge in [-0.3, -0.25) is 4.79 Å². The largest absolute Gasteiger partial charge is 0.394 e. The van der Waals surface area contributed by atoms with Gasteiger partial charge in [-0.05, 0) is 70.4 Å². The van der Waals surface area contributed by atoms with Crippen LogP contribution in [0.4, 0.5) is 0 Å². The second-order valence-electron chi connectivity index (χ2n) is 9.44. The highest BCUT2D eigenvalue weighted by Gasteiger charge is 2.51. The lowest BCUT2D eigenvalue weighted by Gasteiger charge is -2.56. The molecule has 4 aliphatic rings. The predicted molar refractivity (Wildman–Crippen MR) is 107 cm³/mol. The molecule has 164 valence electrons. The molecule has 4 saturated carbocycles. The molecule has 4 aliphatic carbocycles. The maximum absolute atomic E-state index is 12.1. The first-order valence-electron chi connectivity index (χ1n) is 10.4. The van der Waals surface area contributed by atoms with E-state index >= 15 is 0 Å². The number of nitrogens with one attached hydrogen (secondary N) is 1. The van der Waals surface area contributed by atoms with Crippen molar-refractivity contribution in [2.45, 2.75) is 49.6 Å². The maximum Gasteiger partial charge on any atom is 0.246 e. The molecule has 6 N–H and O–H groups in total. The number of aliphatic hydroxyl groups excluding tert-OH is 3. The molecule has 28 heavy (non-hydrogen) atoms. The third kappa shape index (κ3) is 6.64. The van der Waals surface area contributed by atoms with Crippen molar-refractivity contribution in [3.63, 3.8) is 0 Å². The summed E-state index contributed by atoms with van der Waals surface area (Å²) >= 11 is 0. The number of rotatable bonds is 9. The van der Waals surface area contributed by atoms with E-state index in [1.807, 2.05) is 14.1 Å². The van der Waals surface area contributed by atoms with Crippen LogP contribution in [0.15, 0.2) is 0 Å². The summed E-state index contributed by atoms with van der Waals surface area (Å²) in [7, 11) is 4.03. The Morgan fingerprint density at radius 2 is 1.54 bits per heavy atom. The molecule has 8 heteroatoms. The number of amides is 1. The molecule has 0 aromatic heterocycles. The fourth-order valence-corrected chi connectivity index (χ4v) is 5.16. The summed E-state index contributed by atoms with van der Waals surface area (Å²) < 4.78 is 5.47. The van der Waals surface area contributed by atoms with Crippen LogP contribution in [-0.4, -0.2) is 90.9 Å². The number of nitrogens with zero attached hydrogens (tertiary/aromatic N) is 1. The Kier molecular flexibility index (Phi) is 8.66. The van der Waals surface area contributed by atoms with E-state index in [0.29, 0.717) is 6.61 Å². The van der Waals surface area contributed by atoms with Crippen molar-refractivity contribution in [3.05, 3.63) is 0 Å².